The molecule has 6 nitrogen and oxygen atoms in total. The molecule has 1 aromatic carbocycles. The number of hydrogen-bond acceptors (Lipinski definition) is 5. The van der Waals surface area contributed by atoms with E-state index in [1.54, 1.807) is 30.6 Å². The number of rotatable bonds is 4. The van der Waals surface area contributed by atoms with Crippen LogP contribution in [0.3, 0.4) is 0 Å². The first-order chi connectivity index (χ1) is 9.08. The summed E-state index contributed by atoms with van der Waals surface area (Å²) < 4.78 is 6.28. The number of anilines is 1. The van der Waals surface area contributed by atoms with Crippen LogP contribution in [0.2, 0.25) is 0 Å². The Kier molecular flexibility index (Phi) is 3.96. The fraction of sp³-hybridized carbons (Fsp3) is 0.0833. The zero-order chi connectivity index (χ0) is 13.8. The van der Waals surface area contributed by atoms with Crippen molar-refractivity contribution in [2.24, 2.45) is 0 Å². The number of nitro groups is 1. The van der Waals surface area contributed by atoms with E-state index in [1.165, 1.54) is 6.07 Å². The van der Waals surface area contributed by atoms with Crippen LogP contribution in [0.25, 0.3) is 0 Å². The number of nitrogens with two attached hydrogens (primary N) is 1. The molecule has 0 saturated carbocycles. The topological polar surface area (TPSA) is 91.3 Å². The largest absolute Gasteiger partial charge is 0.487 e. The Morgan fingerprint density at radius 1 is 1.42 bits per heavy atom. The lowest BCUT2D eigenvalue weighted by atomic mass is 10.1. The molecule has 0 saturated heterocycles. The van der Waals surface area contributed by atoms with E-state index in [4.69, 9.17) is 10.5 Å². The minimum absolute atomic E-state index is 0.117. The molecule has 0 aliphatic heterocycles. The normalized spacial score (nSPS) is 10.2. The molecule has 0 aliphatic carbocycles. The van der Waals surface area contributed by atoms with Crippen LogP contribution in [0.1, 0.15) is 5.56 Å². The van der Waals surface area contributed by atoms with Crippen molar-refractivity contribution in [3.05, 3.63) is 56.8 Å². The fourth-order valence-corrected chi connectivity index (χ4v) is 1.86. The number of hydrogen-bond donors (Lipinski definition) is 1. The highest BCUT2D eigenvalue weighted by Crippen LogP contribution is 2.26. The van der Waals surface area contributed by atoms with Crippen LogP contribution >= 0.6 is 15.9 Å². The Morgan fingerprint density at radius 2 is 2.21 bits per heavy atom. The third kappa shape index (κ3) is 3.19. The van der Waals surface area contributed by atoms with Gasteiger partial charge in [-0.25, -0.2) is 0 Å². The second kappa shape index (κ2) is 5.66. The van der Waals surface area contributed by atoms with Crippen LogP contribution in [0.5, 0.6) is 5.75 Å². The van der Waals surface area contributed by atoms with E-state index in [0.29, 0.717) is 11.3 Å². The molecule has 1 heterocycles. The Morgan fingerprint density at radius 3 is 2.89 bits per heavy atom. The molecule has 2 N–H and O–H groups in total. The van der Waals surface area contributed by atoms with Gasteiger partial charge in [0, 0.05) is 22.3 Å². The van der Waals surface area contributed by atoms with E-state index in [9.17, 15) is 10.1 Å². The molecule has 0 amide bonds. The van der Waals surface area contributed by atoms with Crippen molar-refractivity contribution in [1.82, 2.24) is 4.98 Å². The highest BCUT2D eigenvalue weighted by molar-refractivity contribution is 9.10. The van der Waals surface area contributed by atoms with Gasteiger partial charge in [0.1, 0.15) is 18.0 Å². The molecule has 2 aromatic rings. The molecule has 0 atom stereocenters. The lowest BCUT2D eigenvalue weighted by Gasteiger charge is -2.08. The molecule has 0 bridgehead atoms. The first-order valence-corrected chi connectivity index (χ1v) is 6.12. The van der Waals surface area contributed by atoms with E-state index < -0.39 is 4.92 Å². The quantitative estimate of drug-likeness (QED) is 0.530. The smallest absolute Gasteiger partial charge is 0.292 e. The average molecular weight is 324 g/mol. The molecule has 1 aromatic heterocycles. The molecule has 0 radical (unpaired) electrons. The third-order valence-corrected chi connectivity index (χ3v) is 2.88. The molecular formula is C12H10BrN3O3. The lowest BCUT2D eigenvalue weighted by molar-refractivity contribution is -0.384. The SMILES string of the molecule is Nc1c(COc2cncc(Br)c2)cccc1[N+](=O)[O-]. The number of ether oxygens (including phenoxy) is 1. The zero-order valence-corrected chi connectivity index (χ0v) is 11.3. The van der Waals surface area contributed by atoms with Gasteiger partial charge in [0.15, 0.2) is 0 Å². The van der Waals surface area contributed by atoms with Crippen molar-refractivity contribution >= 4 is 27.3 Å². The first kappa shape index (κ1) is 13.3. The maximum absolute atomic E-state index is 10.8. The molecule has 0 unspecified atom stereocenters. The van der Waals surface area contributed by atoms with Crippen molar-refractivity contribution in [1.29, 1.82) is 0 Å². The van der Waals surface area contributed by atoms with Gasteiger partial charge in [0.25, 0.3) is 5.69 Å². The molecule has 7 heteroatoms. The van der Waals surface area contributed by atoms with Crippen LogP contribution in [0, 0.1) is 10.1 Å². The van der Waals surface area contributed by atoms with Gasteiger partial charge in [0.05, 0.1) is 11.1 Å². The first-order valence-electron chi connectivity index (χ1n) is 5.33. The van der Waals surface area contributed by atoms with Crippen LogP contribution in [-0.4, -0.2) is 9.91 Å². The summed E-state index contributed by atoms with van der Waals surface area (Å²) in [6.07, 6.45) is 3.19. The standard InChI is InChI=1S/C12H10BrN3O3/c13-9-4-10(6-15-5-9)19-7-8-2-1-3-11(12(8)14)16(17)18/h1-6H,7,14H2. The van der Waals surface area contributed by atoms with Crippen molar-refractivity contribution in [2.45, 2.75) is 6.61 Å². The number of nitro benzene ring substituents is 1. The predicted octanol–water partition coefficient (Wildman–Crippen LogP) is 2.91. The van der Waals surface area contributed by atoms with Gasteiger partial charge in [-0.1, -0.05) is 12.1 Å². The van der Waals surface area contributed by atoms with Crippen LogP contribution < -0.4 is 10.5 Å². The van der Waals surface area contributed by atoms with Crippen LogP contribution in [0.4, 0.5) is 11.4 Å². The van der Waals surface area contributed by atoms with Gasteiger partial charge >= 0.3 is 0 Å². The number of benzene rings is 1. The fourth-order valence-electron chi connectivity index (χ4n) is 1.52. The molecule has 19 heavy (non-hydrogen) atoms. The van der Waals surface area contributed by atoms with E-state index in [1.807, 2.05) is 0 Å². The second-order valence-corrected chi connectivity index (χ2v) is 4.65. The van der Waals surface area contributed by atoms with Crippen LogP contribution in [-0.2, 0) is 6.61 Å². The Bertz CT molecular complexity index is 619. The summed E-state index contributed by atoms with van der Waals surface area (Å²) in [6.45, 7) is 0.144. The highest BCUT2D eigenvalue weighted by atomic mass is 79.9. The van der Waals surface area contributed by atoms with Gasteiger partial charge in [-0.3, -0.25) is 15.1 Å². The van der Waals surface area contributed by atoms with Crippen molar-refractivity contribution in [3.63, 3.8) is 0 Å². The third-order valence-electron chi connectivity index (χ3n) is 2.44. The summed E-state index contributed by atoms with van der Waals surface area (Å²) in [7, 11) is 0. The maximum Gasteiger partial charge on any atom is 0.292 e. The van der Waals surface area contributed by atoms with Gasteiger partial charge in [-0.15, -0.1) is 0 Å². The van der Waals surface area contributed by atoms with E-state index >= 15 is 0 Å². The maximum atomic E-state index is 10.8. The summed E-state index contributed by atoms with van der Waals surface area (Å²) in [5.74, 6) is 0.556. The van der Waals surface area contributed by atoms with Gasteiger partial charge in [0.2, 0.25) is 0 Å². The summed E-state index contributed by atoms with van der Waals surface area (Å²) in [4.78, 5) is 14.2. The minimum atomic E-state index is -0.514. The molecule has 0 aliphatic rings. The second-order valence-electron chi connectivity index (χ2n) is 3.73. The van der Waals surface area contributed by atoms with Gasteiger partial charge in [-0.2, -0.15) is 0 Å². The monoisotopic (exact) mass is 323 g/mol. The lowest BCUT2D eigenvalue weighted by Crippen LogP contribution is -2.03. The molecule has 0 spiro atoms. The minimum Gasteiger partial charge on any atom is -0.487 e. The summed E-state index contributed by atoms with van der Waals surface area (Å²) in [6, 6.07) is 6.38. The molecule has 2 rings (SSSR count). The van der Waals surface area contributed by atoms with E-state index in [0.717, 1.165) is 4.47 Å². The Balaban J connectivity index is 2.16. The molecule has 0 fully saturated rings. The number of nitrogens with zero attached hydrogens (tertiary/aromatic N) is 2. The average Bonchev–Trinajstić information content (AvgIpc) is 2.37. The van der Waals surface area contributed by atoms with Crippen molar-refractivity contribution in [2.75, 3.05) is 5.73 Å². The number of halogens is 1. The number of para-hydroxylation sites is 1. The van der Waals surface area contributed by atoms with Gasteiger partial charge < -0.3 is 10.5 Å². The van der Waals surface area contributed by atoms with Gasteiger partial charge in [-0.05, 0) is 22.0 Å². The summed E-state index contributed by atoms with van der Waals surface area (Å²) in [5, 5.41) is 10.8. The molecule has 98 valence electrons. The zero-order valence-electron chi connectivity index (χ0n) is 9.75. The highest BCUT2D eigenvalue weighted by Gasteiger charge is 2.14. The number of aromatic nitrogens is 1. The van der Waals surface area contributed by atoms with Crippen molar-refractivity contribution in [3.8, 4) is 5.75 Å². The van der Waals surface area contributed by atoms with E-state index in [2.05, 4.69) is 20.9 Å². The predicted molar refractivity (Wildman–Crippen MR) is 73.8 cm³/mol. The summed E-state index contributed by atoms with van der Waals surface area (Å²) in [5.41, 5.74) is 6.30. The van der Waals surface area contributed by atoms with Crippen LogP contribution in [0.15, 0.2) is 41.1 Å². The van der Waals surface area contributed by atoms with E-state index in [-0.39, 0.29) is 18.0 Å². The van der Waals surface area contributed by atoms with Crippen molar-refractivity contribution < 1.29 is 9.66 Å². The molecular weight excluding hydrogens is 314 g/mol. The Hall–Kier alpha value is -2.15. The summed E-state index contributed by atoms with van der Waals surface area (Å²) >= 11 is 3.28. The number of pyridine rings is 1. The Labute approximate surface area is 117 Å². The number of nitrogen functional groups attached to an aromatic ring is 1.